The fourth-order valence-electron chi connectivity index (χ4n) is 3.45. The summed E-state index contributed by atoms with van der Waals surface area (Å²) in [5.41, 5.74) is -0.954. The highest BCUT2D eigenvalue weighted by molar-refractivity contribution is 4.76. The van der Waals surface area contributed by atoms with Gasteiger partial charge in [0.05, 0.1) is 60.5 Å². The molecule has 10 heteroatoms. The Balaban J connectivity index is -0.000000152. The smallest absolute Gasteiger partial charge is 0.0849 e. The maximum Gasteiger partial charge on any atom is 0.0849 e. The van der Waals surface area contributed by atoms with Crippen LogP contribution >= 0.6 is 0 Å². The van der Waals surface area contributed by atoms with Crippen molar-refractivity contribution in [1.82, 2.24) is 0 Å². The van der Waals surface area contributed by atoms with Gasteiger partial charge >= 0.3 is 0 Å². The Kier molecular flexibility index (Phi) is 36.7. The summed E-state index contributed by atoms with van der Waals surface area (Å²) in [4.78, 5) is 0. The van der Waals surface area contributed by atoms with Crippen LogP contribution < -0.4 is 0 Å². The van der Waals surface area contributed by atoms with Gasteiger partial charge in [-0.2, -0.15) is 0 Å². The molecule has 0 aliphatic carbocycles. The van der Waals surface area contributed by atoms with Crippen molar-refractivity contribution >= 4 is 0 Å². The predicted molar refractivity (Wildman–Crippen MR) is 190 cm³/mol. The third kappa shape index (κ3) is 45.7. The van der Waals surface area contributed by atoms with E-state index in [0.29, 0.717) is 61.7 Å². The van der Waals surface area contributed by atoms with Crippen LogP contribution in [-0.2, 0) is 0 Å². The summed E-state index contributed by atoms with van der Waals surface area (Å²) >= 11 is 0. The van der Waals surface area contributed by atoms with Crippen LogP contribution in [0.5, 0.6) is 0 Å². The molecule has 0 aromatic rings. The van der Waals surface area contributed by atoms with Gasteiger partial charge < -0.3 is 51.1 Å². The SMILES string of the molecule is CC(C)C[C@@H](O)C(C)(C)O.CC(C)C[C@@H](O)[C@@H](C)O.CC(C)C[C@@H](O)[C@H](C)O.CC(C)C[C@H](O)[C@@H](C)O.CC(C)C[C@H](O)[C@H](C)O. The molecule has 0 bridgehead atoms. The normalized spacial score (nSPS) is 17.5. The van der Waals surface area contributed by atoms with Crippen LogP contribution in [0.25, 0.3) is 0 Å². The van der Waals surface area contributed by atoms with Crippen LogP contribution in [0.1, 0.15) is 143 Å². The molecule has 10 N–H and O–H groups in total. The molecular formula is C36H82O10. The Morgan fingerprint density at radius 2 is 0.478 bits per heavy atom. The summed E-state index contributed by atoms with van der Waals surface area (Å²) in [5, 5.41) is 90.1. The minimum absolute atomic E-state index is 0.432. The van der Waals surface area contributed by atoms with Crippen molar-refractivity contribution in [2.75, 3.05) is 0 Å². The average molecular weight is 675 g/mol. The van der Waals surface area contributed by atoms with E-state index in [1.54, 1.807) is 41.5 Å². The van der Waals surface area contributed by atoms with E-state index in [1.165, 1.54) is 0 Å². The first kappa shape index (κ1) is 55.0. The van der Waals surface area contributed by atoms with Crippen LogP contribution in [0.15, 0.2) is 0 Å². The lowest BCUT2D eigenvalue weighted by Gasteiger charge is -2.25. The van der Waals surface area contributed by atoms with Gasteiger partial charge in [-0.1, -0.05) is 69.2 Å². The number of aliphatic hydroxyl groups is 10. The van der Waals surface area contributed by atoms with Gasteiger partial charge in [0.1, 0.15) is 0 Å². The summed E-state index contributed by atoms with van der Waals surface area (Å²) in [6.07, 6.45) is -1.80. The second kappa shape index (κ2) is 30.6. The number of aliphatic hydroxyl groups excluding tert-OH is 9. The molecule has 0 radical (unpaired) electrons. The molecule has 9 atom stereocenters. The third-order valence-electron chi connectivity index (χ3n) is 6.59. The fourth-order valence-corrected chi connectivity index (χ4v) is 3.45. The maximum absolute atomic E-state index is 9.31. The molecular weight excluding hydrogens is 592 g/mol. The van der Waals surface area contributed by atoms with Crippen LogP contribution in [0.2, 0.25) is 0 Å². The van der Waals surface area contributed by atoms with Gasteiger partial charge in [0.2, 0.25) is 0 Å². The summed E-state index contributed by atoms with van der Waals surface area (Å²) < 4.78 is 0. The molecule has 10 nitrogen and oxygen atoms in total. The highest BCUT2D eigenvalue weighted by Crippen LogP contribution is 2.16. The van der Waals surface area contributed by atoms with E-state index in [4.69, 9.17) is 40.9 Å². The molecule has 0 rings (SSSR count). The van der Waals surface area contributed by atoms with Gasteiger partial charge in [0.25, 0.3) is 0 Å². The molecule has 0 unspecified atom stereocenters. The predicted octanol–water partition coefficient (Wildman–Crippen LogP) is 4.26. The zero-order valence-electron chi connectivity index (χ0n) is 32.6. The molecule has 286 valence electrons. The summed E-state index contributed by atoms with van der Waals surface area (Å²) in [5.74, 6) is 2.25. The van der Waals surface area contributed by atoms with E-state index in [1.807, 2.05) is 69.2 Å². The Hall–Kier alpha value is -0.400. The molecule has 0 aliphatic heterocycles. The lowest BCUT2D eigenvalue weighted by molar-refractivity contribution is -0.0564. The second-order valence-electron chi connectivity index (χ2n) is 15.5. The third-order valence-corrected chi connectivity index (χ3v) is 6.59. The Labute approximate surface area is 283 Å². The zero-order chi connectivity index (χ0) is 38.1. The molecule has 0 aliphatic rings. The summed E-state index contributed by atoms with van der Waals surface area (Å²) in [6.45, 7) is 29.9. The monoisotopic (exact) mass is 675 g/mol. The number of hydrogen-bond donors (Lipinski definition) is 10. The van der Waals surface area contributed by atoms with Crippen LogP contribution in [0, 0.1) is 29.6 Å². The van der Waals surface area contributed by atoms with Crippen molar-refractivity contribution in [3.05, 3.63) is 0 Å². The van der Waals surface area contributed by atoms with Crippen LogP contribution in [-0.4, -0.2) is 112 Å². The summed E-state index contributed by atoms with van der Waals surface area (Å²) in [7, 11) is 0. The average Bonchev–Trinajstić information content (AvgIpc) is 2.82. The summed E-state index contributed by atoms with van der Waals surface area (Å²) in [6, 6.07) is 0. The molecule has 0 aromatic heterocycles. The number of hydrogen-bond acceptors (Lipinski definition) is 10. The minimum atomic E-state index is -0.954. The number of rotatable bonds is 15. The standard InChI is InChI=1S/C8H18O2.4C7H16O2/c1-6(2)5-7(9)8(3,4)10;4*1-5(2)4-7(9)6(3)8/h6-7,9-10H,5H2,1-4H3;4*5-9H,4H2,1-3H3/t7-;2*6-,7+;2*6-,7-/m11010/s1. The van der Waals surface area contributed by atoms with E-state index in [9.17, 15) is 10.2 Å². The first-order chi connectivity index (χ1) is 20.5. The van der Waals surface area contributed by atoms with Gasteiger partial charge in [-0.05, 0) is 103 Å². The zero-order valence-corrected chi connectivity index (χ0v) is 32.6. The largest absolute Gasteiger partial charge is 0.391 e. The molecule has 0 spiro atoms. The fraction of sp³-hybridized carbons (Fsp3) is 1.00. The van der Waals surface area contributed by atoms with E-state index in [0.717, 1.165) is 0 Å². The molecule has 0 heterocycles. The highest BCUT2D eigenvalue weighted by Gasteiger charge is 2.24. The van der Waals surface area contributed by atoms with Gasteiger partial charge in [-0.25, -0.2) is 0 Å². The lowest BCUT2D eigenvalue weighted by atomic mass is 9.94. The van der Waals surface area contributed by atoms with Crippen molar-refractivity contribution in [2.24, 2.45) is 29.6 Å². The molecule has 0 aromatic carbocycles. The van der Waals surface area contributed by atoms with Gasteiger partial charge in [-0.15, -0.1) is 0 Å². The first-order valence-electron chi connectivity index (χ1n) is 17.3. The van der Waals surface area contributed by atoms with E-state index < -0.39 is 60.5 Å². The Morgan fingerprint density at radius 3 is 0.522 bits per heavy atom. The van der Waals surface area contributed by atoms with Gasteiger partial charge in [0, 0.05) is 0 Å². The van der Waals surface area contributed by atoms with E-state index in [2.05, 4.69) is 0 Å². The Morgan fingerprint density at radius 1 is 0.326 bits per heavy atom. The quantitative estimate of drug-likeness (QED) is 0.120. The van der Waals surface area contributed by atoms with Gasteiger partial charge in [-0.3, -0.25) is 0 Å². The molecule has 0 amide bonds. The van der Waals surface area contributed by atoms with Crippen molar-refractivity contribution in [3.63, 3.8) is 0 Å². The van der Waals surface area contributed by atoms with Crippen molar-refractivity contribution in [2.45, 2.75) is 203 Å². The highest BCUT2D eigenvalue weighted by atomic mass is 16.3. The Bertz CT molecular complexity index is 534. The second-order valence-corrected chi connectivity index (χ2v) is 15.5. The first-order valence-corrected chi connectivity index (χ1v) is 17.3. The molecule has 46 heavy (non-hydrogen) atoms. The van der Waals surface area contributed by atoms with Crippen molar-refractivity contribution in [1.29, 1.82) is 0 Å². The van der Waals surface area contributed by atoms with Crippen molar-refractivity contribution in [3.8, 4) is 0 Å². The molecule has 0 saturated carbocycles. The van der Waals surface area contributed by atoms with Crippen molar-refractivity contribution < 1.29 is 51.1 Å². The van der Waals surface area contributed by atoms with Gasteiger partial charge in [0.15, 0.2) is 0 Å². The lowest BCUT2D eigenvalue weighted by Crippen LogP contribution is -2.36. The maximum atomic E-state index is 9.31. The van der Waals surface area contributed by atoms with E-state index >= 15 is 0 Å². The topological polar surface area (TPSA) is 202 Å². The van der Waals surface area contributed by atoms with Crippen LogP contribution in [0.4, 0.5) is 0 Å². The van der Waals surface area contributed by atoms with E-state index in [-0.39, 0.29) is 0 Å². The molecule has 0 fully saturated rings. The molecule has 0 saturated heterocycles. The van der Waals surface area contributed by atoms with Crippen LogP contribution in [0.3, 0.4) is 0 Å². The minimum Gasteiger partial charge on any atom is -0.391 e.